The Balaban J connectivity index is 1.47. The van der Waals surface area contributed by atoms with Crippen molar-refractivity contribution in [1.82, 2.24) is 34.1 Å². The molecule has 4 heterocycles. The maximum absolute atomic E-state index is 13.1. The summed E-state index contributed by atoms with van der Waals surface area (Å²) in [5.74, 6) is -0.402. The van der Waals surface area contributed by atoms with Gasteiger partial charge in [0.2, 0.25) is 5.91 Å². The first-order valence-corrected chi connectivity index (χ1v) is 12.5. The van der Waals surface area contributed by atoms with Crippen LogP contribution in [0.4, 0.5) is 18.9 Å². The van der Waals surface area contributed by atoms with E-state index >= 15 is 0 Å². The lowest BCUT2D eigenvalue weighted by Crippen LogP contribution is -2.40. The highest BCUT2D eigenvalue weighted by Gasteiger charge is 2.39. The van der Waals surface area contributed by atoms with Crippen LogP contribution in [0.3, 0.4) is 0 Å². The lowest BCUT2D eigenvalue weighted by atomic mass is 10.2. The van der Waals surface area contributed by atoms with Crippen molar-refractivity contribution < 1.29 is 23.1 Å². The van der Waals surface area contributed by atoms with Gasteiger partial charge in [0.15, 0.2) is 17.8 Å². The summed E-state index contributed by atoms with van der Waals surface area (Å²) < 4.78 is 42.4. The molecule has 3 aromatic heterocycles. The third-order valence-corrected chi connectivity index (χ3v) is 6.76. The highest BCUT2D eigenvalue weighted by atomic mass is 35.5. The maximum Gasteiger partial charge on any atom is 0.416 e. The molecule has 5 rings (SSSR count). The lowest BCUT2D eigenvalue weighted by Gasteiger charge is -2.26. The summed E-state index contributed by atoms with van der Waals surface area (Å²) in [6.45, 7) is -0.723. The molecule has 3 N–H and O–H groups in total. The van der Waals surface area contributed by atoms with Crippen molar-refractivity contribution in [3.8, 4) is 17.1 Å². The number of aliphatic hydroxyl groups is 1. The van der Waals surface area contributed by atoms with Crippen molar-refractivity contribution in [3.63, 3.8) is 0 Å². The Kier molecular flexibility index (Phi) is 7.33. The summed E-state index contributed by atoms with van der Waals surface area (Å²) in [5, 5.41) is 18.7. The Morgan fingerprint density at radius 1 is 1.18 bits per heavy atom. The number of alkyl halides is 3. The second-order valence-electron chi connectivity index (χ2n) is 9.16. The number of anilines is 1. The average Bonchev–Trinajstić information content (AvgIpc) is 3.65. The van der Waals surface area contributed by atoms with Crippen LogP contribution in [-0.2, 0) is 17.9 Å². The van der Waals surface area contributed by atoms with E-state index in [2.05, 4.69) is 20.2 Å². The van der Waals surface area contributed by atoms with Crippen molar-refractivity contribution in [3.05, 3.63) is 70.4 Å². The minimum atomic E-state index is -4.94. The number of carbonyl (C=O) groups is 1. The summed E-state index contributed by atoms with van der Waals surface area (Å²) in [6.07, 6.45) is -1.82. The Hall–Kier alpha value is -4.24. The Bertz CT molecular complexity index is 1580. The Labute approximate surface area is 229 Å². The first-order chi connectivity index (χ1) is 19.0. The number of hydrogen-bond acceptors (Lipinski definition) is 8. The summed E-state index contributed by atoms with van der Waals surface area (Å²) >= 11 is 5.92. The third kappa shape index (κ3) is 5.42. The summed E-state index contributed by atoms with van der Waals surface area (Å²) in [6, 6.07) is 7.25. The van der Waals surface area contributed by atoms with Gasteiger partial charge in [-0.1, -0.05) is 11.6 Å². The van der Waals surface area contributed by atoms with Crippen molar-refractivity contribution in [2.45, 2.75) is 44.3 Å². The van der Waals surface area contributed by atoms with E-state index in [1.807, 2.05) is 4.90 Å². The van der Waals surface area contributed by atoms with Crippen molar-refractivity contribution in [2.24, 2.45) is 5.73 Å². The fourth-order valence-corrected chi connectivity index (χ4v) is 4.69. The Morgan fingerprint density at radius 2 is 1.93 bits per heavy atom. The van der Waals surface area contributed by atoms with Crippen LogP contribution in [0.1, 0.15) is 18.7 Å². The zero-order valence-electron chi connectivity index (χ0n) is 20.7. The molecule has 2 atom stereocenters. The molecule has 0 unspecified atom stereocenters. The van der Waals surface area contributed by atoms with Crippen LogP contribution < -0.4 is 16.3 Å². The number of aromatic nitrogens is 7. The van der Waals surface area contributed by atoms with Gasteiger partial charge in [-0.2, -0.15) is 13.2 Å². The Morgan fingerprint density at radius 3 is 2.62 bits per heavy atom. The normalized spacial score (nSPS) is 16.4. The van der Waals surface area contributed by atoms with Gasteiger partial charge in [0.1, 0.15) is 24.6 Å². The SMILES string of the molecule is NC(=O)[C@@H]1CCCN1c1ccncc1-n1cnc(Cn2nc(-c3ccc(Cl)cc3)n(C[C@H](O)C(F)(F)F)c2=O)n1. The molecular formula is C24H23ClF3N9O3. The van der Waals surface area contributed by atoms with Gasteiger partial charge in [0.05, 0.1) is 18.4 Å². The fourth-order valence-electron chi connectivity index (χ4n) is 4.57. The zero-order valence-corrected chi connectivity index (χ0v) is 21.5. The van der Waals surface area contributed by atoms with E-state index in [4.69, 9.17) is 17.3 Å². The van der Waals surface area contributed by atoms with E-state index in [0.717, 1.165) is 15.7 Å². The first-order valence-electron chi connectivity index (χ1n) is 12.1. The summed E-state index contributed by atoms with van der Waals surface area (Å²) in [4.78, 5) is 35.3. The molecule has 1 aliphatic heterocycles. The van der Waals surface area contributed by atoms with Crippen LogP contribution in [-0.4, -0.2) is 70.0 Å². The van der Waals surface area contributed by atoms with Gasteiger partial charge < -0.3 is 15.7 Å². The number of aliphatic hydroxyl groups excluding tert-OH is 1. The second-order valence-corrected chi connectivity index (χ2v) is 9.60. The zero-order chi connectivity index (χ0) is 28.6. The molecule has 1 amide bonds. The molecule has 40 heavy (non-hydrogen) atoms. The molecule has 1 aromatic carbocycles. The van der Waals surface area contributed by atoms with Crippen LogP contribution in [0.25, 0.3) is 17.1 Å². The first kappa shape index (κ1) is 27.3. The largest absolute Gasteiger partial charge is 0.416 e. The number of hydrogen-bond donors (Lipinski definition) is 2. The molecule has 12 nitrogen and oxygen atoms in total. The molecule has 0 aliphatic carbocycles. The molecule has 1 fully saturated rings. The molecule has 0 radical (unpaired) electrons. The maximum atomic E-state index is 13.1. The second kappa shape index (κ2) is 10.7. The van der Waals surface area contributed by atoms with Gasteiger partial charge in [-0.3, -0.25) is 14.3 Å². The van der Waals surface area contributed by atoms with Crippen LogP contribution in [0.15, 0.2) is 53.8 Å². The number of amides is 1. The number of carbonyl (C=O) groups excluding carboxylic acids is 1. The number of halogens is 4. The number of nitrogens with zero attached hydrogens (tertiary/aromatic N) is 8. The standard InChI is InChI=1S/C24H23ClF3N9O3/c25-15-5-3-14(4-6-15)22-33-36(23(40)35(22)11-19(38)24(26,27)28)12-20-31-13-37(32-20)18-10-30-8-7-16(18)34-9-1-2-17(34)21(29)39/h3-8,10,13,17,19,38H,1-2,9,11-12H2,(H2,29,39)/t17-,19-/m0/s1. The fraction of sp³-hybridized carbons (Fsp3) is 0.333. The van der Waals surface area contributed by atoms with Crippen molar-refractivity contribution in [1.29, 1.82) is 0 Å². The van der Waals surface area contributed by atoms with Crippen LogP contribution in [0.2, 0.25) is 5.02 Å². The van der Waals surface area contributed by atoms with Gasteiger partial charge in [-0.15, -0.1) is 10.2 Å². The molecular weight excluding hydrogens is 555 g/mol. The number of nitrogens with two attached hydrogens (primary N) is 1. The number of benzene rings is 1. The van der Waals surface area contributed by atoms with Gasteiger partial charge in [-0.05, 0) is 43.2 Å². The number of rotatable bonds is 8. The third-order valence-electron chi connectivity index (χ3n) is 6.50. The van der Waals surface area contributed by atoms with E-state index in [1.165, 1.54) is 35.3 Å². The molecule has 16 heteroatoms. The highest BCUT2D eigenvalue weighted by molar-refractivity contribution is 6.30. The molecule has 1 aliphatic rings. The average molecular weight is 578 g/mol. The predicted octanol–water partition coefficient (Wildman–Crippen LogP) is 1.77. The quantitative estimate of drug-likeness (QED) is 0.322. The summed E-state index contributed by atoms with van der Waals surface area (Å²) in [7, 11) is 0. The smallest absolute Gasteiger partial charge is 0.382 e. The number of primary amides is 1. The minimum absolute atomic E-state index is 0.0922. The lowest BCUT2D eigenvalue weighted by molar-refractivity contribution is -0.207. The van der Waals surface area contributed by atoms with Crippen molar-refractivity contribution in [2.75, 3.05) is 11.4 Å². The molecule has 0 saturated carbocycles. The van der Waals surface area contributed by atoms with Crippen LogP contribution in [0.5, 0.6) is 0 Å². The van der Waals surface area contributed by atoms with E-state index in [9.17, 15) is 27.9 Å². The van der Waals surface area contributed by atoms with Crippen molar-refractivity contribution >= 4 is 23.2 Å². The van der Waals surface area contributed by atoms with E-state index in [0.29, 0.717) is 34.9 Å². The van der Waals surface area contributed by atoms with Gasteiger partial charge in [-0.25, -0.2) is 19.1 Å². The molecule has 4 aromatic rings. The minimum Gasteiger partial charge on any atom is -0.382 e. The summed E-state index contributed by atoms with van der Waals surface area (Å²) in [5.41, 5.74) is 6.19. The topological polar surface area (TPSA) is 150 Å². The highest BCUT2D eigenvalue weighted by Crippen LogP contribution is 2.30. The van der Waals surface area contributed by atoms with E-state index < -0.39 is 36.5 Å². The van der Waals surface area contributed by atoms with E-state index in [-0.39, 0.29) is 18.2 Å². The van der Waals surface area contributed by atoms with Crippen LogP contribution >= 0.6 is 11.6 Å². The molecule has 0 bridgehead atoms. The van der Waals surface area contributed by atoms with Gasteiger partial charge in [0.25, 0.3) is 0 Å². The van der Waals surface area contributed by atoms with Gasteiger partial charge in [0, 0.05) is 23.3 Å². The van der Waals surface area contributed by atoms with Gasteiger partial charge >= 0.3 is 11.9 Å². The monoisotopic (exact) mass is 577 g/mol. The predicted molar refractivity (Wildman–Crippen MR) is 137 cm³/mol. The molecule has 210 valence electrons. The van der Waals surface area contributed by atoms with E-state index in [1.54, 1.807) is 18.5 Å². The number of pyridine rings is 1. The van der Waals surface area contributed by atoms with Crippen LogP contribution in [0, 0.1) is 0 Å². The molecule has 0 spiro atoms. The molecule has 1 saturated heterocycles.